The predicted octanol–water partition coefficient (Wildman–Crippen LogP) is 0.811. The summed E-state index contributed by atoms with van der Waals surface area (Å²) in [6.45, 7) is -1.47. The number of halogens is 4. The molecule has 0 unspecified atom stereocenters. The lowest BCUT2D eigenvalue weighted by molar-refractivity contribution is -0.377. The Balaban J connectivity index is 3.28. The van der Waals surface area contributed by atoms with E-state index in [9.17, 15) is 17.6 Å². The second-order valence-corrected chi connectivity index (χ2v) is 1.19. The minimum atomic E-state index is -4.45. The van der Waals surface area contributed by atoms with Gasteiger partial charge in [-0.1, -0.05) is 0 Å². The molecule has 2 nitrogen and oxygen atoms in total. The topological polar surface area (TPSA) is 29.5 Å². The Morgan fingerprint density at radius 2 is 1.89 bits per heavy atom. The quantitative estimate of drug-likeness (QED) is 0.474. The van der Waals surface area contributed by atoms with Crippen LogP contribution < -0.4 is 0 Å². The van der Waals surface area contributed by atoms with Crippen LogP contribution in [-0.4, -0.2) is 24.4 Å². The second-order valence-electron chi connectivity index (χ2n) is 1.19. The SMILES string of the molecule is OC(F)(F)OCC(F)F. The maximum absolute atomic E-state index is 11.1. The third-order valence-electron chi connectivity index (χ3n) is 0.383. The largest absolute Gasteiger partial charge is 0.483 e. The molecule has 0 heterocycles. The highest BCUT2D eigenvalue weighted by Gasteiger charge is 2.27. The normalized spacial score (nSPS) is 12.7. The van der Waals surface area contributed by atoms with Gasteiger partial charge in [0.05, 0.1) is 0 Å². The molecule has 0 aliphatic heterocycles. The van der Waals surface area contributed by atoms with Crippen LogP contribution in [0.5, 0.6) is 0 Å². The molecule has 0 radical (unpaired) electrons. The molecule has 0 spiro atoms. The molecule has 0 rings (SSSR count). The fraction of sp³-hybridized carbons (Fsp3) is 1.00. The number of aliphatic hydroxyl groups is 1. The second kappa shape index (κ2) is 2.98. The van der Waals surface area contributed by atoms with Gasteiger partial charge in [0.25, 0.3) is 6.43 Å². The molecule has 0 saturated heterocycles. The lowest BCUT2D eigenvalue weighted by atomic mass is 10.8. The first-order valence-electron chi connectivity index (χ1n) is 1.94. The first kappa shape index (κ1) is 8.64. The fourth-order valence-electron chi connectivity index (χ4n) is 0.163. The molecular weight excluding hydrogens is 144 g/mol. The highest BCUT2D eigenvalue weighted by Crippen LogP contribution is 2.10. The minimum absolute atomic E-state index is 1.47. The zero-order valence-electron chi connectivity index (χ0n) is 4.15. The van der Waals surface area contributed by atoms with E-state index in [0.29, 0.717) is 0 Å². The van der Waals surface area contributed by atoms with Crippen LogP contribution in [0.1, 0.15) is 0 Å². The predicted molar refractivity (Wildman–Crippen MR) is 19.1 cm³/mol. The van der Waals surface area contributed by atoms with E-state index in [1.807, 2.05) is 0 Å². The summed E-state index contributed by atoms with van der Waals surface area (Å²) >= 11 is 0. The Kier molecular flexibility index (Phi) is 2.86. The van der Waals surface area contributed by atoms with Crippen LogP contribution >= 0.6 is 0 Å². The van der Waals surface area contributed by atoms with Gasteiger partial charge >= 0.3 is 6.29 Å². The standard InChI is InChI=1S/C3H4F4O2/c4-2(5)1-9-3(6,7)8/h2,8H,1H2. The van der Waals surface area contributed by atoms with Gasteiger partial charge in [0.2, 0.25) is 0 Å². The van der Waals surface area contributed by atoms with E-state index in [1.54, 1.807) is 0 Å². The summed E-state index contributed by atoms with van der Waals surface area (Å²) in [6.07, 6.45) is -7.45. The molecule has 0 aliphatic carbocycles. The molecule has 6 heteroatoms. The molecule has 0 aromatic rings. The average molecular weight is 148 g/mol. The summed E-state index contributed by atoms with van der Waals surface area (Å²) < 4.78 is 47.1. The molecule has 1 N–H and O–H groups in total. The van der Waals surface area contributed by atoms with Crippen molar-refractivity contribution in [2.24, 2.45) is 0 Å². The molecule has 0 amide bonds. The van der Waals surface area contributed by atoms with E-state index in [4.69, 9.17) is 5.11 Å². The molecule has 0 bridgehead atoms. The average Bonchev–Trinajstić information content (AvgIpc) is 1.59. The van der Waals surface area contributed by atoms with E-state index in [2.05, 4.69) is 4.74 Å². The fourth-order valence-corrected chi connectivity index (χ4v) is 0.163. The summed E-state index contributed by atoms with van der Waals surface area (Å²) in [6, 6.07) is 0. The molecule has 9 heavy (non-hydrogen) atoms. The zero-order chi connectivity index (χ0) is 7.49. The zero-order valence-corrected chi connectivity index (χ0v) is 4.15. The Morgan fingerprint density at radius 3 is 2.00 bits per heavy atom. The van der Waals surface area contributed by atoms with Crippen molar-refractivity contribution in [2.45, 2.75) is 12.7 Å². The van der Waals surface area contributed by atoms with Crippen LogP contribution in [0.3, 0.4) is 0 Å². The summed E-state index contributed by atoms with van der Waals surface area (Å²) in [7, 11) is 0. The van der Waals surface area contributed by atoms with Crippen LogP contribution in [0.2, 0.25) is 0 Å². The first-order valence-corrected chi connectivity index (χ1v) is 1.94. The van der Waals surface area contributed by atoms with Crippen molar-refractivity contribution in [3.05, 3.63) is 0 Å². The van der Waals surface area contributed by atoms with Gasteiger partial charge in [-0.15, -0.1) is 8.78 Å². The molecular formula is C3H4F4O2. The summed E-state index contributed by atoms with van der Waals surface area (Å²) in [5.41, 5.74) is 0. The number of ether oxygens (including phenoxy) is 1. The van der Waals surface area contributed by atoms with Gasteiger partial charge in [0.1, 0.15) is 6.61 Å². The summed E-state index contributed by atoms with van der Waals surface area (Å²) in [5, 5.41) is 7.38. The van der Waals surface area contributed by atoms with Crippen molar-refractivity contribution in [3.63, 3.8) is 0 Å². The smallest absolute Gasteiger partial charge is 0.311 e. The summed E-state index contributed by atoms with van der Waals surface area (Å²) in [4.78, 5) is 0. The minimum Gasteiger partial charge on any atom is -0.311 e. The van der Waals surface area contributed by atoms with E-state index < -0.39 is 19.3 Å². The van der Waals surface area contributed by atoms with E-state index in [0.717, 1.165) is 0 Å². The van der Waals surface area contributed by atoms with Crippen molar-refractivity contribution < 1.29 is 27.4 Å². The van der Waals surface area contributed by atoms with Gasteiger partial charge in [0.15, 0.2) is 0 Å². The number of alkyl halides is 4. The van der Waals surface area contributed by atoms with Crippen molar-refractivity contribution in [1.29, 1.82) is 0 Å². The van der Waals surface area contributed by atoms with Crippen molar-refractivity contribution in [1.82, 2.24) is 0 Å². The van der Waals surface area contributed by atoms with Crippen LogP contribution in [0.25, 0.3) is 0 Å². The Morgan fingerprint density at radius 1 is 1.44 bits per heavy atom. The van der Waals surface area contributed by atoms with Gasteiger partial charge in [0, 0.05) is 0 Å². The Labute approximate surface area is 48.0 Å². The molecule has 56 valence electrons. The lowest BCUT2D eigenvalue weighted by Crippen LogP contribution is -2.22. The van der Waals surface area contributed by atoms with Crippen LogP contribution in [0.4, 0.5) is 17.6 Å². The van der Waals surface area contributed by atoms with Gasteiger partial charge in [-0.3, -0.25) is 4.74 Å². The highest BCUT2D eigenvalue weighted by atomic mass is 19.3. The Hall–Kier alpha value is -0.360. The van der Waals surface area contributed by atoms with Crippen LogP contribution in [-0.2, 0) is 4.74 Å². The van der Waals surface area contributed by atoms with Gasteiger partial charge in [-0.2, -0.15) is 0 Å². The molecule has 0 aliphatic rings. The molecule has 0 saturated carbocycles. The van der Waals surface area contributed by atoms with Gasteiger partial charge < -0.3 is 5.11 Å². The van der Waals surface area contributed by atoms with Crippen molar-refractivity contribution in [3.8, 4) is 0 Å². The Bertz CT molecular complexity index is 78.4. The molecule has 0 aromatic heterocycles. The molecule has 0 aromatic carbocycles. The number of hydrogen-bond acceptors (Lipinski definition) is 2. The maximum Gasteiger partial charge on any atom is 0.483 e. The number of hydrogen-bond donors (Lipinski definition) is 1. The van der Waals surface area contributed by atoms with Gasteiger partial charge in [-0.05, 0) is 0 Å². The monoisotopic (exact) mass is 148 g/mol. The van der Waals surface area contributed by atoms with Crippen molar-refractivity contribution >= 4 is 0 Å². The third-order valence-corrected chi connectivity index (χ3v) is 0.383. The van der Waals surface area contributed by atoms with E-state index >= 15 is 0 Å². The molecule has 0 atom stereocenters. The van der Waals surface area contributed by atoms with E-state index in [1.165, 1.54) is 0 Å². The summed E-state index contributed by atoms with van der Waals surface area (Å²) in [5.74, 6) is 0. The maximum atomic E-state index is 11.1. The number of rotatable bonds is 3. The third kappa shape index (κ3) is 7.64. The van der Waals surface area contributed by atoms with Crippen molar-refractivity contribution in [2.75, 3.05) is 6.61 Å². The van der Waals surface area contributed by atoms with Gasteiger partial charge in [-0.25, -0.2) is 8.78 Å². The highest BCUT2D eigenvalue weighted by molar-refractivity contribution is 4.33. The molecule has 0 fully saturated rings. The first-order chi connectivity index (χ1) is 3.92. The lowest BCUT2D eigenvalue weighted by Gasteiger charge is -2.07. The van der Waals surface area contributed by atoms with E-state index in [-0.39, 0.29) is 0 Å². The van der Waals surface area contributed by atoms with Crippen LogP contribution in [0, 0.1) is 0 Å². The van der Waals surface area contributed by atoms with Crippen LogP contribution in [0.15, 0.2) is 0 Å².